The number of aromatic nitrogens is 2. The van der Waals surface area contributed by atoms with E-state index >= 15 is 0 Å². The lowest BCUT2D eigenvalue weighted by molar-refractivity contribution is -0.120. The zero-order chi connectivity index (χ0) is 24.9. The van der Waals surface area contributed by atoms with Crippen molar-refractivity contribution in [3.8, 4) is 11.5 Å². The number of rotatable bonds is 7. The Morgan fingerprint density at radius 3 is 2.71 bits per heavy atom. The maximum atomic E-state index is 14.4. The van der Waals surface area contributed by atoms with E-state index in [9.17, 15) is 19.1 Å². The molecule has 0 fully saturated rings. The first kappa shape index (κ1) is 24.1. The first-order valence-electron chi connectivity index (χ1n) is 10.5. The SMILES string of the molecule is COc1cc(/C=N/NC(=O)Cc2nn(Cc3ccc(Br)cc3F)c(=O)c3ccccc23)ccc1O. The molecule has 0 spiro atoms. The summed E-state index contributed by atoms with van der Waals surface area (Å²) in [5.41, 5.74) is 3.30. The molecule has 0 aliphatic heterocycles. The number of fused-ring (bicyclic) bond motifs is 1. The number of halogens is 2. The summed E-state index contributed by atoms with van der Waals surface area (Å²) in [6.07, 6.45) is 1.25. The largest absolute Gasteiger partial charge is 0.504 e. The molecule has 4 aromatic rings. The van der Waals surface area contributed by atoms with E-state index in [1.165, 1.54) is 25.5 Å². The summed E-state index contributed by atoms with van der Waals surface area (Å²) in [4.78, 5) is 25.6. The highest BCUT2D eigenvalue weighted by molar-refractivity contribution is 9.10. The molecule has 8 nitrogen and oxygen atoms in total. The number of aromatic hydroxyl groups is 1. The standard InChI is InChI=1S/C25H20BrFN4O4/c1-35-23-10-15(6-9-22(23)32)13-28-29-24(33)12-21-18-4-2-3-5-19(18)25(34)31(30-21)14-16-7-8-17(26)11-20(16)27/h2-11,13,32H,12,14H2,1H3,(H,29,33)/b28-13+. The molecule has 35 heavy (non-hydrogen) atoms. The minimum Gasteiger partial charge on any atom is -0.504 e. The molecule has 0 radical (unpaired) electrons. The van der Waals surface area contributed by atoms with Crippen LogP contribution in [0.2, 0.25) is 0 Å². The summed E-state index contributed by atoms with van der Waals surface area (Å²) in [5, 5.41) is 18.9. The predicted molar refractivity (Wildman–Crippen MR) is 133 cm³/mol. The minimum absolute atomic E-state index is 0.00946. The number of nitrogens with one attached hydrogen (secondary N) is 1. The molecule has 0 unspecified atom stereocenters. The third kappa shape index (κ3) is 5.55. The van der Waals surface area contributed by atoms with Crippen LogP contribution in [0.25, 0.3) is 10.8 Å². The van der Waals surface area contributed by atoms with Gasteiger partial charge in [-0.05, 0) is 42.0 Å². The van der Waals surface area contributed by atoms with Crippen LogP contribution in [0.4, 0.5) is 4.39 Å². The van der Waals surface area contributed by atoms with Crippen LogP contribution < -0.4 is 15.7 Å². The number of benzene rings is 3. The minimum atomic E-state index is -0.472. The lowest BCUT2D eigenvalue weighted by Gasteiger charge is -2.11. The summed E-state index contributed by atoms with van der Waals surface area (Å²) in [6, 6.07) is 16.0. The summed E-state index contributed by atoms with van der Waals surface area (Å²) < 4.78 is 21.2. The van der Waals surface area contributed by atoms with Gasteiger partial charge in [0.15, 0.2) is 11.5 Å². The molecule has 1 heterocycles. The van der Waals surface area contributed by atoms with Gasteiger partial charge < -0.3 is 9.84 Å². The van der Waals surface area contributed by atoms with E-state index in [4.69, 9.17) is 4.74 Å². The smallest absolute Gasteiger partial charge is 0.274 e. The van der Waals surface area contributed by atoms with Gasteiger partial charge in [0, 0.05) is 15.4 Å². The molecule has 1 aromatic heterocycles. The lowest BCUT2D eigenvalue weighted by Crippen LogP contribution is -2.28. The van der Waals surface area contributed by atoms with Crippen molar-refractivity contribution in [1.82, 2.24) is 15.2 Å². The monoisotopic (exact) mass is 538 g/mol. The number of phenolic OH excluding ortho intramolecular Hbond substituents is 1. The van der Waals surface area contributed by atoms with Gasteiger partial charge in [0.2, 0.25) is 5.91 Å². The molecule has 0 aliphatic rings. The average molecular weight is 539 g/mol. The quantitative estimate of drug-likeness (QED) is 0.275. The number of hydrogen-bond donors (Lipinski definition) is 2. The number of nitrogens with zero attached hydrogens (tertiary/aromatic N) is 3. The van der Waals surface area contributed by atoms with Gasteiger partial charge in [-0.2, -0.15) is 10.2 Å². The third-order valence-electron chi connectivity index (χ3n) is 5.21. The zero-order valence-electron chi connectivity index (χ0n) is 18.5. The van der Waals surface area contributed by atoms with Crippen molar-refractivity contribution >= 4 is 38.8 Å². The lowest BCUT2D eigenvalue weighted by atomic mass is 10.1. The molecule has 4 rings (SSSR count). The number of ether oxygens (including phenoxy) is 1. The molecule has 0 saturated heterocycles. The van der Waals surface area contributed by atoms with Gasteiger partial charge in [-0.3, -0.25) is 9.59 Å². The highest BCUT2D eigenvalue weighted by Gasteiger charge is 2.15. The number of methoxy groups -OCH3 is 1. The van der Waals surface area contributed by atoms with E-state index in [0.29, 0.717) is 32.1 Å². The number of phenols is 1. The maximum absolute atomic E-state index is 14.4. The van der Waals surface area contributed by atoms with Crippen LogP contribution in [0.1, 0.15) is 16.8 Å². The molecule has 0 bridgehead atoms. The molecule has 3 aromatic carbocycles. The fraction of sp³-hybridized carbons (Fsp3) is 0.120. The van der Waals surface area contributed by atoms with Crippen LogP contribution in [0.3, 0.4) is 0 Å². The number of hydrazone groups is 1. The van der Waals surface area contributed by atoms with Gasteiger partial charge in [0.25, 0.3) is 5.56 Å². The predicted octanol–water partition coefficient (Wildman–Crippen LogP) is 3.75. The molecule has 10 heteroatoms. The number of carbonyl (C=O) groups is 1. The number of carbonyl (C=O) groups excluding carboxylic acids is 1. The van der Waals surface area contributed by atoms with Gasteiger partial charge in [0.1, 0.15) is 5.82 Å². The van der Waals surface area contributed by atoms with Crippen molar-refractivity contribution < 1.29 is 19.0 Å². The van der Waals surface area contributed by atoms with Crippen molar-refractivity contribution in [2.75, 3.05) is 7.11 Å². The fourth-order valence-corrected chi connectivity index (χ4v) is 3.83. The van der Waals surface area contributed by atoms with Crippen LogP contribution >= 0.6 is 15.9 Å². The molecule has 0 atom stereocenters. The van der Waals surface area contributed by atoms with Crippen molar-refractivity contribution in [3.63, 3.8) is 0 Å². The normalized spacial score (nSPS) is 11.2. The Bertz CT molecular complexity index is 1500. The van der Waals surface area contributed by atoms with Gasteiger partial charge in [0.05, 0.1) is 37.4 Å². The Morgan fingerprint density at radius 1 is 1.20 bits per heavy atom. The summed E-state index contributed by atoms with van der Waals surface area (Å²) >= 11 is 3.22. The van der Waals surface area contributed by atoms with Crippen LogP contribution in [0.5, 0.6) is 11.5 Å². The summed E-state index contributed by atoms with van der Waals surface area (Å²) in [7, 11) is 1.43. The van der Waals surface area contributed by atoms with Crippen molar-refractivity contribution in [2.45, 2.75) is 13.0 Å². The fourth-order valence-electron chi connectivity index (χ4n) is 3.50. The van der Waals surface area contributed by atoms with Crippen molar-refractivity contribution in [2.24, 2.45) is 5.10 Å². The summed E-state index contributed by atoms with van der Waals surface area (Å²) in [5.74, 6) is -0.657. The Hall–Kier alpha value is -4.05. The van der Waals surface area contributed by atoms with Gasteiger partial charge >= 0.3 is 0 Å². The Morgan fingerprint density at radius 2 is 1.97 bits per heavy atom. The molecule has 0 aliphatic carbocycles. The van der Waals surface area contributed by atoms with Crippen LogP contribution in [0, 0.1) is 5.82 Å². The van der Waals surface area contributed by atoms with E-state index in [-0.39, 0.29) is 30.0 Å². The van der Waals surface area contributed by atoms with E-state index in [2.05, 4.69) is 31.6 Å². The highest BCUT2D eigenvalue weighted by Crippen LogP contribution is 2.25. The number of hydrogen-bond acceptors (Lipinski definition) is 6. The van der Waals surface area contributed by atoms with E-state index in [1.807, 2.05) is 0 Å². The second-order valence-corrected chi connectivity index (χ2v) is 8.51. The van der Waals surface area contributed by atoms with Crippen LogP contribution in [-0.4, -0.2) is 34.1 Å². The maximum Gasteiger partial charge on any atom is 0.274 e. The first-order valence-corrected chi connectivity index (χ1v) is 11.3. The second kappa shape index (κ2) is 10.5. The molecule has 1 amide bonds. The second-order valence-electron chi connectivity index (χ2n) is 7.59. The van der Waals surface area contributed by atoms with Gasteiger partial charge in [-0.15, -0.1) is 0 Å². The van der Waals surface area contributed by atoms with Crippen LogP contribution in [-0.2, 0) is 17.8 Å². The first-order chi connectivity index (χ1) is 16.9. The van der Waals surface area contributed by atoms with Gasteiger partial charge in [-0.1, -0.05) is 40.2 Å². The average Bonchev–Trinajstić information content (AvgIpc) is 2.84. The molecule has 0 saturated carbocycles. The Kier molecular flexibility index (Phi) is 7.21. The highest BCUT2D eigenvalue weighted by atomic mass is 79.9. The van der Waals surface area contributed by atoms with Crippen molar-refractivity contribution in [3.05, 3.63) is 98.1 Å². The molecule has 178 valence electrons. The van der Waals surface area contributed by atoms with Crippen molar-refractivity contribution in [1.29, 1.82) is 0 Å². The van der Waals surface area contributed by atoms with E-state index in [0.717, 1.165) is 4.68 Å². The zero-order valence-corrected chi connectivity index (χ0v) is 20.1. The molecular formula is C25H20BrFN4O4. The molecular weight excluding hydrogens is 519 g/mol. The molecule has 2 N–H and O–H groups in total. The number of amides is 1. The third-order valence-corrected chi connectivity index (χ3v) is 5.71. The topological polar surface area (TPSA) is 106 Å². The Labute approximate surface area is 207 Å². The van der Waals surface area contributed by atoms with Crippen LogP contribution in [0.15, 0.2) is 75.0 Å². The summed E-state index contributed by atoms with van der Waals surface area (Å²) in [6.45, 7) is -0.0851. The van der Waals surface area contributed by atoms with Gasteiger partial charge in [-0.25, -0.2) is 14.5 Å². The Balaban J connectivity index is 1.58. The van der Waals surface area contributed by atoms with E-state index in [1.54, 1.807) is 48.5 Å². The van der Waals surface area contributed by atoms with E-state index < -0.39 is 11.7 Å².